The topological polar surface area (TPSA) is 59.0 Å². The summed E-state index contributed by atoms with van der Waals surface area (Å²) in [5, 5.41) is 9.60. The van der Waals surface area contributed by atoms with Gasteiger partial charge in [-0.05, 0) is 27.2 Å². The van der Waals surface area contributed by atoms with Crippen molar-refractivity contribution in [3.63, 3.8) is 0 Å². The normalized spacial score (nSPS) is 26.7. The number of carbonyl (C=O) groups is 1. The molecule has 1 heterocycles. The van der Waals surface area contributed by atoms with Gasteiger partial charge >= 0.3 is 6.09 Å². The van der Waals surface area contributed by atoms with E-state index in [9.17, 15) is 9.90 Å². The Bertz CT molecular complexity index is 249. The number of nitrogens with zero attached hydrogens (tertiary/aromatic N) is 1. The summed E-state index contributed by atoms with van der Waals surface area (Å²) in [5.41, 5.74) is -0.490. The van der Waals surface area contributed by atoms with Crippen LogP contribution in [0, 0.1) is 0 Å². The number of likely N-dealkylation sites (tertiary alicyclic amines) is 1. The van der Waals surface area contributed by atoms with E-state index in [-0.39, 0.29) is 12.2 Å². The lowest BCUT2D eigenvalue weighted by molar-refractivity contribution is -0.0646. The second-order valence-corrected chi connectivity index (χ2v) is 5.06. The van der Waals surface area contributed by atoms with Crippen molar-refractivity contribution in [3.8, 4) is 0 Å². The Morgan fingerprint density at radius 2 is 2.06 bits per heavy atom. The summed E-state index contributed by atoms with van der Waals surface area (Å²) in [5.74, 6) is 0. The van der Waals surface area contributed by atoms with Gasteiger partial charge in [0.15, 0.2) is 0 Å². The monoisotopic (exact) mass is 231 g/mol. The Balaban J connectivity index is 2.52. The minimum absolute atomic E-state index is 0.318. The summed E-state index contributed by atoms with van der Waals surface area (Å²) in [7, 11) is 1.53. The third kappa shape index (κ3) is 3.64. The zero-order valence-electron chi connectivity index (χ0n) is 10.4. The van der Waals surface area contributed by atoms with Gasteiger partial charge in [0.2, 0.25) is 0 Å². The van der Waals surface area contributed by atoms with E-state index in [0.29, 0.717) is 19.5 Å². The molecule has 1 rings (SSSR count). The summed E-state index contributed by atoms with van der Waals surface area (Å²) >= 11 is 0. The highest BCUT2D eigenvalue weighted by atomic mass is 16.6. The molecule has 1 saturated heterocycles. The summed E-state index contributed by atoms with van der Waals surface area (Å²) < 4.78 is 10.4. The Kier molecular flexibility index (Phi) is 4.15. The number of carbonyl (C=O) groups excluding carboxylic acids is 1. The van der Waals surface area contributed by atoms with Crippen LogP contribution in [0.5, 0.6) is 0 Å². The fourth-order valence-corrected chi connectivity index (χ4v) is 1.63. The fourth-order valence-electron chi connectivity index (χ4n) is 1.63. The molecule has 0 radical (unpaired) electrons. The van der Waals surface area contributed by atoms with E-state index in [1.54, 1.807) is 4.90 Å². The molecule has 0 aromatic carbocycles. The molecule has 0 spiro atoms. The van der Waals surface area contributed by atoms with Gasteiger partial charge in [-0.15, -0.1) is 0 Å². The van der Waals surface area contributed by atoms with E-state index in [0.717, 1.165) is 0 Å². The lowest BCUT2D eigenvalue weighted by Gasteiger charge is -2.36. The van der Waals surface area contributed by atoms with Gasteiger partial charge in [-0.25, -0.2) is 4.79 Å². The van der Waals surface area contributed by atoms with Crippen molar-refractivity contribution >= 4 is 6.09 Å². The number of amides is 1. The third-order valence-electron chi connectivity index (χ3n) is 2.48. The summed E-state index contributed by atoms with van der Waals surface area (Å²) in [6.45, 7) is 6.38. The average Bonchev–Trinajstić information content (AvgIpc) is 2.15. The van der Waals surface area contributed by atoms with Crippen molar-refractivity contribution < 1.29 is 19.4 Å². The highest BCUT2D eigenvalue weighted by Crippen LogP contribution is 2.17. The van der Waals surface area contributed by atoms with Crippen molar-refractivity contribution in [1.29, 1.82) is 0 Å². The number of ether oxygens (including phenoxy) is 2. The van der Waals surface area contributed by atoms with Crippen molar-refractivity contribution in [2.75, 3.05) is 20.2 Å². The van der Waals surface area contributed by atoms with Gasteiger partial charge in [0.1, 0.15) is 11.7 Å². The van der Waals surface area contributed by atoms with Crippen LogP contribution in [0.15, 0.2) is 0 Å². The Labute approximate surface area is 96.3 Å². The zero-order valence-corrected chi connectivity index (χ0v) is 10.4. The number of rotatable bonds is 1. The number of methoxy groups -OCH3 is 1. The molecule has 5 heteroatoms. The zero-order chi connectivity index (χ0) is 12.3. The van der Waals surface area contributed by atoms with E-state index in [1.807, 2.05) is 20.8 Å². The molecule has 0 aliphatic carbocycles. The smallest absolute Gasteiger partial charge is 0.410 e. The highest BCUT2D eigenvalue weighted by molar-refractivity contribution is 5.68. The number of hydrogen-bond donors (Lipinski definition) is 1. The molecular weight excluding hydrogens is 210 g/mol. The third-order valence-corrected chi connectivity index (χ3v) is 2.48. The van der Waals surface area contributed by atoms with Crippen LogP contribution < -0.4 is 0 Å². The maximum absolute atomic E-state index is 11.7. The molecule has 16 heavy (non-hydrogen) atoms. The van der Waals surface area contributed by atoms with Gasteiger partial charge in [0.25, 0.3) is 0 Å². The minimum Gasteiger partial charge on any atom is -0.444 e. The lowest BCUT2D eigenvalue weighted by atomic mass is 10.1. The average molecular weight is 231 g/mol. The van der Waals surface area contributed by atoms with Crippen LogP contribution in [-0.4, -0.2) is 54.1 Å². The molecule has 0 aromatic heterocycles. The molecule has 0 bridgehead atoms. The lowest BCUT2D eigenvalue weighted by Crippen LogP contribution is -2.50. The van der Waals surface area contributed by atoms with Gasteiger partial charge in [-0.3, -0.25) is 0 Å². The summed E-state index contributed by atoms with van der Waals surface area (Å²) in [6, 6.07) is 0. The predicted octanol–water partition coefficient (Wildman–Crippen LogP) is 1.00. The summed E-state index contributed by atoms with van der Waals surface area (Å²) in [6.07, 6.45) is -0.635. The van der Waals surface area contributed by atoms with Crippen LogP contribution in [0.3, 0.4) is 0 Å². The van der Waals surface area contributed by atoms with Gasteiger partial charge in [-0.1, -0.05) is 0 Å². The van der Waals surface area contributed by atoms with E-state index in [4.69, 9.17) is 9.47 Å². The van der Waals surface area contributed by atoms with E-state index in [1.165, 1.54) is 7.11 Å². The first-order valence-corrected chi connectivity index (χ1v) is 5.52. The molecule has 5 nitrogen and oxygen atoms in total. The molecule has 1 aliphatic rings. The Hall–Kier alpha value is -0.810. The van der Waals surface area contributed by atoms with Gasteiger partial charge in [-0.2, -0.15) is 0 Å². The fraction of sp³-hybridized carbons (Fsp3) is 0.909. The second-order valence-electron chi connectivity index (χ2n) is 5.06. The first-order valence-electron chi connectivity index (χ1n) is 5.52. The largest absolute Gasteiger partial charge is 0.444 e. The molecule has 94 valence electrons. The van der Waals surface area contributed by atoms with E-state index >= 15 is 0 Å². The molecular formula is C11H21NO4. The van der Waals surface area contributed by atoms with Crippen LogP contribution in [0.25, 0.3) is 0 Å². The number of aliphatic hydroxyl groups excluding tert-OH is 1. The molecule has 2 atom stereocenters. The van der Waals surface area contributed by atoms with Crippen LogP contribution in [0.4, 0.5) is 4.79 Å². The molecule has 1 amide bonds. The van der Waals surface area contributed by atoms with Crippen LogP contribution in [0.1, 0.15) is 27.2 Å². The van der Waals surface area contributed by atoms with Crippen LogP contribution >= 0.6 is 0 Å². The first-order chi connectivity index (χ1) is 7.33. The van der Waals surface area contributed by atoms with Crippen molar-refractivity contribution in [3.05, 3.63) is 0 Å². The highest BCUT2D eigenvalue weighted by Gasteiger charge is 2.32. The van der Waals surface area contributed by atoms with Crippen LogP contribution in [-0.2, 0) is 9.47 Å². The maximum atomic E-state index is 11.7. The molecule has 1 N–H and O–H groups in total. The molecule has 0 saturated carbocycles. The minimum atomic E-state index is -0.497. The van der Waals surface area contributed by atoms with Gasteiger partial charge in [0, 0.05) is 13.7 Å². The van der Waals surface area contributed by atoms with E-state index in [2.05, 4.69) is 0 Å². The van der Waals surface area contributed by atoms with Crippen molar-refractivity contribution in [1.82, 2.24) is 4.90 Å². The first kappa shape index (κ1) is 13.3. The SMILES string of the molecule is CO[C@@H]1CN(C(=O)OC(C)(C)C)CC[C@H]1O. The number of hydrogen-bond acceptors (Lipinski definition) is 4. The van der Waals surface area contributed by atoms with Crippen LogP contribution in [0.2, 0.25) is 0 Å². The Morgan fingerprint density at radius 1 is 1.44 bits per heavy atom. The standard InChI is InChI=1S/C11H21NO4/c1-11(2,3)16-10(14)12-6-5-8(13)9(7-12)15-4/h8-9,13H,5-7H2,1-4H3/t8-,9-/m1/s1. The predicted molar refractivity (Wildman–Crippen MR) is 59.2 cm³/mol. The Morgan fingerprint density at radius 3 is 2.56 bits per heavy atom. The quantitative estimate of drug-likeness (QED) is 0.731. The van der Waals surface area contributed by atoms with Gasteiger partial charge in [0.05, 0.1) is 12.6 Å². The van der Waals surface area contributed by atoms with E-state index < -0.39 is 11.7 Å². The van der Waals surface area contributed by atoms with Crippen molar-refractivity contribution in [2.24, 2.45) is 0 Å². The molecule has 0 unspecified atom stereocenters. The number of aliphatic hydroxyl groups is 1. The molecule has 0 aromatic rings. The van der Waals surface area contributed by atoms with Gasteiger partial charge < -0.3 is 19.5 Å². The second kappa shape index (κ2) is 5.01. The number of piperidine rings is 1. The molecule has 1 fully saturated rings. The summed E-state index contributed by atoms with van der Waals surface area (Å²) in [4.78, 5) is 13.3. The van der Waals surface area contributed by atoms with Crippen molar-refractivity contribution in [2.45, 2.75) is 45.0 Å². The molecule has 1 aliphatic heterocycles. The maximum Gasteiger partial charge on any atom is 0.410 e.